The zero-order valence-corrected chi connectivity index (χ0v) is 17.9. The average molecular weight is 413 g/mol. The Kier molecular flexibility index (Phi) is 6.82. The van der Waals surface area contributed by atoms with Gasteiger partial charge in [0.1, 0.15) is 5.82 Å². The van der Waals surface area contributed by atoms with Gasteiger partial charge in [-0.05, 0) is 57.3 Å². The van der Waals surface area contributed by atoms with Gasteiger partial charge in [0.25, 0.3) is 0 Å². The van der Waals surface area contributed by atoms with Crippen molar-refractivity contribution in [3.8, 4) is 5.69 Å². The summed E-state index contributed by atoms with van der Waals surface area (Å²) in [7, 11) is 3.93. The number of hydrogen-bond acceptors (Lipinski definition) is 5. The van der Waals surface area contributed by atoms with E-state index >= 15 is 0 Å². The lowest BCUT2D eigenvalue weighted by molar-refractivity contribution is 0.102. The van der Waals surface area contributed by atoms with E-state index in [9.17, 15) is 9.18 Å². The van der Waals surface area contributed by atoms with Crippen LogP contribution in [0.1, 0.15) is 41.6 Å². The number of hydrogen-bond donors (Lipinski definition) is 0. The van der Waals surface area contributed by atoms with Crippen molar-refractivity contribution in [3.63, 3.8) is 0 Å². The third-order valence-electron chi connectivity index (χ3n) is 4.91. The first-order valence-electron chi connectivity index (χ1n) is 9.53. The van der Waals surface area contributed by atoms with Gasteiger partial charge in [0.05, 0.1) is 11.8 Å². The van der Waals surface area contributed by atoms with Gasteiger partial charge < -0.3 is 0 Å². The lowest BCUT2D eigenvalue weighted by Crippen LogP contribution is -2.20. The summed E-state index contributed by atoms with van der Waals surface area (Å²) in [6.07, 6.45) is 0.941. The Bertz CT molecular complexity index is 967. The number of Topliss-reactive ketones (excluding diaryl/α,β-unsaturated/α-hetero) is 1. The molecule has 1 aromatic heterocycles. The minimum absolute atomic E-state index is 0.000747. The molecule has 5 nitrogen and oxygen atoms in total. The van der Waals surface area contributed by atoms with Crippen LogP contribution in [0.25, 0.3) is 5.69 Å². The van der Waals surface area contributed by atoms with Crippen molar-refractivity contribution in [3.05, 3.63) is 71.3 Å². The molecule has 1 heterocycles. The van der Waals surface area contributed by atoms with E-state index in [4.69, 9.17) is 0 Å². The van der Waals surface area contributed by atoms with Gasteiger partial charge in [0.15, 0.2) is 16.8 Å². The van der Waals surface area contributed by atoms with Gasteiger partial charge in [-0.15, -0.1) is 10.2 Å². The van der Waals surface area contributed by atoms with E-state index in [1.54, 1.807) is 12.1 Å². The number of aryl methyl sites for hydroxylation is 1. The van der Waals surface area contributed by atoms with E-state index in [1.165, 1.54) is 29.5 Å². The zero-order valence-electron chi connectivity index (χ0n) is 17.1. The molecule has 1 atom stereocenters. The molecule has 3 rings (SSSR count). The van der Waals surface area contributed by atoms with Crippen molar-refractivity contribution >= 4 is 17.5 Å². The van der Waals surface area contributed by atoms with Crippen LogP contribution >= 0.6 is 11.8 Å². The lowest BCUT2D eigenvalue weighted by atomic mass is 10.1. The number of carbonyl (C=O) groups is 1. The maximum absolute atomic E-state index is 13.4. The van der Waals surface area contributed by atoms with Crippen molar-refractivity contribution in [2.24, 2.45) is 0 Å². The molecular formula is C22H25FN4OS. The number of ketones is 1. The number of rotatable bonds is 8. The maximum Gasteiger partial charge on any atom is 0.196 e. The van der Waals surface area contributed by atoms with Gasteiger partial charge in [-0.1, -0.05) is 43.0 Å². The van der Waals surface area contributed by atoms with Crippen LogP contribution in [-0.4, -0.2) is 45.3 Å². The molecule has 1 unspecified atom stereocenters. The highest BCUT2D eigenvalue weighted by molar-refractivity contribution is 7.99. The fourth-order valence-corrected chi connectivity index (χ4v) is 3.70. The summed E-state index contributed by atoms with van der Waals surface area (Å²) >= 11 is 1.34. The second-order valence-corrected chi connectivity index (χ2v) is 8.00. The van der Waals surface area contributed by atoms with Crippen LogP contribution < -0.4 is 0 Å². The topological polar surface area (TPSA) is 51.0 Å². The van der Waals surface area contributed by atoms with E-state index in [0.29, 0.717) is 10.7 Å². The summed E-state index contributed by atoms with van der Waals surface area (Å²) in [5.41, 5.74) is 2.65. The van der Waals surface area contributed by atoms with Crippen molar-refractivity contribution in [1.29, 1.82) is 0 Å². The van der Waals surface area contributed by atoms with Crippen molar-refractivity contribution in [2.75, 3.05) is 19.8 Å². The number of nitrogens with zero attached hydrogens (tertiary/aromatic N) is 4. The van der Waals surface area contributed by atoms with E-state index in [0.717, 1.165) is 17.9 Å². The molecule has 0 spiro atoms. The van der Waals surface area contributed by atoms with Gasteiger partial charge in [-0.25, -0.2) is 4.39 Å². The third-order valence-corrected chi connectivity index (χ3v) is 5.84. The summed E-state index contributed by atoms with van der Waals surface area (Å²) in [5.74, 6) is 0.725. The molecule has 0 bridgehead atoms. The Hall–Kier alpha value is -2.51. The van der Waals surface area contributed by atoms with Gasteiger partial charge in [-0.3, -0.25) is 14.3 Å². The van der Waals surface area contributed by atoms with E-state index in [1.807, 2.05) is 54.8 Å². The van der Waals surface area contributed by atoms with Crippen LogP contribution in [0, 0.1) is 5.82 Å². The molecule has 0 N–H and O–H groups in total. The predicted molar refractivity (Wildman–Crippen MR) is 114 cm³/mol. The highest BCUT2D eigenvalue weighted by Gasteiger charge is 2.21. The molecule has 0 aliphatic rings. The van der Waals surface area contributed by atoms with Crippen LogP contribution in [0.5, 0.6) is 0 Å². The predicted octanol–water partition coefficient (Wildman–Crippen LogP) is 4.57. The fraction of sp³-hybridized carbons (Fsp3) is 0.318. The van der Waals surface area contributed by atoms with Gasteiger partial charge in [-0.2, -0.15) is 0 Å². The monoisotopic (exact) mass is 412 g/mol. The molecule has 0 aliphatic carbocycles. The van der Waals surface area contributed by atoms with Crippen LogP contribution in [-0.2, 0) is 6.42 Å². The minimum atomic E-state index is -0.302. The van der Waals surface area contributed by atoms with Gasteiger partial charge in [0.2, 0.25) is 0 Å². The van der Waals surface area contributed by atoms with E-state index in [-0.39, 0.29) is 23.4 Å². The Morgan fingerprint density at radius 2 is 1.76 bits per heavy atom. The Morgan fingerprint density at radius 1 is 1.10 bits per heavy atom. The average Bonchev–Trinajstić information content (AvgIpc) is 3.15. The van der Waals surface area contributed by atoms with Crippen molar-refractivity contribution in [1.82, 2.24) is 19.7 Å². The first kappa shape index (κ1) is 21.2. The molecule has 7 heteroatoms. The third kappa shape index (κ3) is 4.92. The largest absolute Gasteiger partial charge is 0.300 e. The van der Waals surface area contributed by atoms with Gasteiger partial charge >= 0.3 is 0 Å². The second kappa shape index (κ2) is 9.33. The van der Waals surface area contributed by atoms with Crippen molar-refractivity contribution in [2.45, 2.75) is 31.5 Å². The van der Waals surface area contributed by atoms with Crippen LogP contribution in [0.15, 0.2) is 53.7 Å². The van der Waals surface area contributed by atoms with E-state index in [2.05, 4.69) is 17.1 Å². The number of thioether (sulfide) groups is 1. The maximum atomic E-state index is 13.4. The van der Waals surface area contributed by atoms with Crippen LogP contribution in [0.3, 0.4) is 0 Å². The Balaban J connectivity index is 1.86. The fourth-order valence-electron chi connectivity index (χ4n) is 2.85. The van der Waals surface area contributed by atoms with Crippen LogP contribution in [0.2, 0.25) is 0 Å². The molecule has 2 aromatic carbocycles. The zero-order chi connectivity index (χ0) is 21.0. The van der Waals surface area contributed by atoms with Gasteiger partial charge in [0, 0.05) is 11.3 Å². The molecule has 0 fully saturated rings. The first-order chi connectivity index (χ1) is 13.9. The Morgan fingerprint density at radius 3 is 2.34 bits per heavy atom. The van der Waals surface area contributed by atoms with Crippen LogP contribution in [0.4, 0.5) is 4.39 Å². The molecule has 0 saturated carbocycles. The second-order valence-electron chi connectivity index (χ2n) is 7.05. The lowest BCUT2D eigenvalue weighted by Gasteiger charge is -2.20. The summed E-state index contributed by atoms with van der Waals surface area (Å²) in [5, 5.41) is 9.28. The molecule has 29 heavy (non-hydrogen) atoms. The number of benzene rings is 2. The summed E-state index contributed by atoms with van der Waals surface area (Å²) in [6.45, 7) is 4.11. The summed E-state index contributed by atoms with van der Waals surface area (Å²) in [6, 6.07) is 13.9. The normalized spacial score (nSPS) is 12.3. The molecule has 3 aromatic rings. The smallest absolute Gasteiger partial charge is 0.196 e. The molecule has 0 saturated heterocycles. The number of carbonyl (C=O) groups excluding carboxylic acids is 1. The molecular weight excluding hydrogens is 387 g/mol. The standard InChI is InChI=1S/C22H25FN4OS/c1-5-16-6-8-17(9-7-16)20(28)14-29-22-25-24-21(15(2)26(3)4)27(22)19-12-10-18(23)11-13-19/h6-13,15H,5,14H2,1-4H3. The number of halogens is 1. The quantitative estimate of drug-likeness (QED) is 0.401. The molecule has 152 valence electrons. The number of aromatic nitrogens is 3. The van der Waals surface area contributed by atoms with Crippen molar-refractivity contribution < 1.29 is 9.18 Å². The SMILES string of the molecule is CCc1ccc(C(=O)CSc2nnc(C(C)N(C)C)n2-c2ccc(F)cc2)cc1. The molecule has 0 radical (unpaired) electrons. The highest BCUT2D eigenvalue weighted by Crippen LogP contribution is 2.27. The summed E-state index contributed by atoms with van der Waals surface area (Å²) in [4.78, 5) is 14.6. The Labute approximate surface area is 175 Å². The minimum Gasteiger partial charge on any atom is -0.300 e. The summed E-state index contributed by atoms with van der Waals surface area (Å²) < 4.78 is 15.3. The molecule has 0 amide bonds. The highest BCUT2D eigenvalue weighted by atomic mass is 32.2. The van der Waals surface area contributed by atoms with E-state index < -0.39 is 0 Å². The first-order valence-corrected chi connectivity index (χ1v) is 10.5. The molecule has 0 aliphatic heterocycles.